The Balaban J connectivity index is 0.948. The second-order valence-electron chi connectivity index (χ2n) is 17.9. The van der Waals surface area contributed by atoms with E-state index in [-0.39, 0.29) is 61.5 Å². The third-order valence-corrected chi connectivity index (χ3v) is 13.3. The predicted molar refractivity (Wildman–Crippen MR) is 201 cm³/mol. The number of benzene rings is 2. The zero-order chi connectivity index (χ0) is 37.6. The molecule has 0 radical (unpaired) electrons. The monoisotopic (exact) mass is 750 g/mol. The lowest BCUT2D eigenvalue weighted by molar-refractivity contribution is -0.365. The SMILES string of the molecule is C[C@]1(O)C[C@@]2(C)O[C@H]3C[C@H]4O[C@H]5C[C@H]6O[C@@H](CCCOCc7ccccc7)C[C@H](OCc7ccccc7)[C@@H]6O[C@]5(C)C[C@]4(C)O[C@@H]3CC[C@@H]2O[C@@H]1CCO. The van der Waals surface area contributed by atoms with Crippen LogP contribution in [0, 0.1) is 0 Å². The van der Waals surface area contributed by atoms with Crippen molar-refractivity contribution in [2.24, 2.45) is 0 Å². The Bertz CT molecular complexity index is 1530. The molecule has 0 amide bonds. The van der Waals surface area contributed by atoms with Crippen LogP contribution in [0.4, 0.5) is 0 Å². The molecule has 54 heavy (non-hydrogen) atoms. The largest absolute Gasteiger partial charge is 0.396 e. The molecule has 10 heteroatoms. The summed E-state index contributed by atoms with van der Waals surface area (Å²) in [4.78, 5) is 0. The fraction of sp³-hybridized carbons (Fsp3) is 0.727. The predicted octanol–water partition coefficient (Wildman–Crippen LogP) is 6.21. The summed E-state index contributed by atoms with van der Waals surface area (Å²) in [5.74, 6) is 0. The number of aliphatic hydroxyl groups excluding tert-OH is 1. The molecule has 10 nitrogen and oxygen atoms in total. The van der Waals surface area contributed by atoms with Crippen molar-refractivity contribution in [2.45, 2.75) is 189 Å². The Labute approximate surface area is 321 Å². The fourth-order valence-corrected chi connectivity index (χ4v) is 10.7. The van der Waals surface area contributed by atoms with Gasteiger partial charge in [0.2, 0.25) is 0 Å². The van der Waals surface area contributed by atoms with E-state index in [1.54, 1.807) is 6.92 Å². The number of aliphatic hydroxyl groups is 2. The maximum atomic E-state index is 11.4. The number of rotatable bonds is 11. The molecule has 6 saturated heterocycles. The van der Waals surface area contributed by atoms with Gasteiger partial charge in [-0.15, -0.1) is 0 Å². The van der Waals surface area contributed by atoms with Gasteiger partial charge >= 0.3 is 0 Å². The van der Waals surface area contributed by atoms with E-state index in [2.05, 4.69) is 57.2 Å². The Morgan fingerprint density at radius 3 is 2.04 bits per heavy atom. The highest BCUT2D eigenvalue weighted by molar-refractivity contribution is 5.15. The molecule has 0 aromatic heterocycles. The zero-order valence-corrected chi connectivity index (χ0v) is 32.6. The fourth-order valence-electron chi connectivity index (χ4n) is 10.7. The highest BCUT2D eigenvalue weighted by Gasteiger charge is 2.63. The second-order valence-corrected chi connectivity index (χ2v) is 17.9. The average Bonchev–Trinajstić information content (AvgIpc) is 3.26. The van der Waals surface area contributed by atoms with Gasteiger partial charge in [0.25, 0.3) is 0 Å². The molecule has 2 N–H and O–H groups in total. The molecule has 298 valence electrons. The second kappa shape index (κ2) is 15.8. The first-order valence-corrected chi connectivity index (χ1v) is 20.6. The van der Waals surface area contributed by atoms with Crippen molar-refractivity contribution in [1.29, 1.82) is 0 Å². The van der Waals surface area contributed by atoms with E-state index in [4.69, 9.17) is 37.9 Å². The Kier molecular flexibility index (Phi) is 11.4. The van der Waals surface area contributed by atoms with Crippen molar-refractivity contribution in [3.05, 3.63) is 71.8 Å². The van der Waals surface area contributed by atoms with Crippen molar-refractivity contribution in [2.75, 3.05) is 13.2 Å². The van der Waals surface area contributed by atoms with Crippen LogP contribution in [-0.4, -0.2) is 107 Å². The average molecular weight is 751 g/mol. The third-order valence-electron chi connectivity index (χ3n) is 13.3. The molecule has 6 aliphatic heterocycles. The highest BCUT2D eigenvalue weighted by Crippen LogP contribution is 2.53. The topological polar surface area (TPSA) is 114 Å². The summed E-state index contributed by atoms with van der Waals surface area (Å²) in [6.07, 6.45) is 5.27. The van der Waals surface area contributed by atoms with Crippen molar-refractivity contribution in [3.63, 3.8) is 0 Å². The molecule has 2 aromatic rings. The van der Waals surface area contributed by atoms with Crippen LogP contribution in [0.2, 0.25) is 0 Å². The summed E-state index contributed by atoms with van der Waals surface area (Å²) in [5.41, 5.74) is -0.607. The number of hydrogen-bond acceptors (Lipinski definition) is 10. The Morgan fingerprint density at radius 2 is 1.31 bits per heavy atom. The normalized spacial score (nSPS) is 44.5. The van der Waals surface area contributed by atoms with Gasteiger partial charge < -0.3 is 48.1 Å². The summed E-state index contributed by atoms with van der Waals surface area (Å²) in [6.45, 7) is 10.0. The Hall–Kier alpha value is -1.96. The molecular weight excluding hydrogens is 688 g/mol. The van der Waals surface area contributed by atoms with Crippen molar-refractivity contribution >= 4 is 0 Å². The van der Waals surface area contributed by atoms with E-state index >= 15 is 0 Å². The van der Waals surface area contributed by atoms with Gasteiger partial charge in [0.05, 0.1) is 90.6 Å². The maximum Gasteiger partial charge on any atom is 0.111 e. The van der Waals surface area contributed by atoms with Gasteiger partial charge in [0.15, 0.2) is 0 Å². The molecule has 6 aliphatic rings. The molecule has 8 rings (SSSR count). The Morgan fingerprint density at radius 1 is 0.667 bits per heavy atom. The molecule has 2 aromatic carbocycles. The quantitative estimate of drug-likeness (QED) is 0.257. The van der Waals surface area contributed by atoms with Crippen LogP contribution in [-0.2, 0) is 51.1 Å². The van der Waals surface area contributed by atoms with E-state index in [0.29, 0.717) is 45.5 Å². The lowest BCUT2D eigenvalue weighted by atomic mass is 9.71. The molecule has 6 heterocycles. The van der Waals surface area contributed by atoms with Crippen LogP contribution in [0.5, 0.6) is 0 Å². The zero-order valence-electron chi connectivity index (χ0n) is 32.6. The van der Waals surface area contributed by atoms with E-state index in [1.807, 2.05) is 24.3 Å². The van der Waals surface area contributed by atoms with Crippen molar-refractivity contribution in [1.82, 2.24) is 0 Å². The van der Waals surface area contributed by atoms with Crippen LogP contribution >= 0.6 is 0 Å². The summed E-state index contributed by atoms with van der Waals surface area (Å²) in [6, 6.07) is 20.6. The molecule has 14 atom stereocenters. The molecular formula is C44H62O10. The third kappa shape index (κ3) is 8.08. The number of hydrogen-bond donors (Lipinski definition) is 2. The van der Waals surface area contributed by atoms with Crippen molar-refractivity contribution in [3.8, 4) is 0 Å². The van der Waals surface area contributed by atoms with Gasteiger partial charge in [0.1, 0.15) is 6.10 Å². The standard InChI is InChI=1S/C44H62O10/c1-41(46)27-42(2)37(50-36(41)19-20-45)18-17-32-33(53-42)23-38-43(3,52-32)28-44(4)39(51-38)24-35-40(54-44)34(48-26-30-14-9-6-10-15-30)22-31(49-35)16-11-21-47-25-29-12-7-5-8-13-29/h5-10,12-15,31-40,45-46H,11,16-28H2,1-4H3/t31-,32+,33-,34-,35+,36+,37-,38+,39-,40-,41-,42+,43-,44+/m0/s1. The number of ether oxygens (including phenoxy) is 8. The molecule has 0 aliphatic carbocycles. The van der Waals surface area contributed by atoms with Gasteiger partial charge in [-0.2, -0.15) is 0 Å². The molecule has 0 saturated carbocycles. The van der Waals surface area contributed by atoms with E-state index in [9.17, 15) is 10.2 Å². The minimum Gasteiger partial charge on any atom is -0.396 e. The van der Waals surface area contributed by atoms with Gasteiger partial charge in [-0.25, -0.2) is 0 Å². The van der Waals surface area contributed by atoms with Gasteiger partial charge in [-0.05, 0) is 70.9 Å². The van der Waals surface area contributed by atoms with Gasteiger partial charge in [0, 0.05) is 45.3 Å². The smallest absolute Gasteiger partial charge is 0.111 e. The maximum absolute atomic E-state index is 11.4. The van der Waals surface area contributed by atoms with Gasteiger partial charge in [-0.1, -0.05) is 60.7 Å². The van der Waals surface area contributed by atoms with Crippen LogP contribution in [0.15, 0.2) is 60.7 Å². The van der Waals surface area contributed by atoms with Crippen LogP contribution in [0.1, 0.15) is 103 Å². The summed E-state index contributed by atoms with van der Waals surface area (Å²) in [7, 11) is 0. The molecule has 0 unspecified atom stereocenters. The minimum atomic E-state index is -1.10. The summed E-state index contributed by atoms with van der Waals surface area (Å²) < 4.78 is 54.3. The highest BCUT2D eigenvalue weighted by atomic mass is 16.6. The summed E-state index contributed by atoms with van der Waals surface area (Å²) in [5, 5.41) is 21.0. The summed E-state index contributed by atoms with van der Waals surface area (Å²) >= 11 is 0. The van der Waals surface area contributed by atoms with Crippen molar-refractivity contribution < 1.29 is 48.1 Å². The first kappa shape index (κ1) is 38.9. The molecule has 0 spiro atoms. The lowest BCUT2D eigenvalue weighted by Crippen LogP contribution is -2.71. The van der Waals surface area contributed by atoms with Crippen LogP contribution in [0.25, 0.3) is 0 Å². The van der Waals surface area contributed by atoms with E-state index < -0.39 is 28.5 Å². The first-order chi connectivity index (χ1) is 26.0. The lowest BCUT2D eigenvalue weighted by Gasteiger charge is -2.61. The first-order valence-electron chi connectivity index (χ1n) is 20.6. The van der Waals surface area contributed by atoms with E-state index in [1.165, 1.54) is 5.56 Å². The molecule has 6 fully saturated rings. The minimum absolute atomic E-state index is 0.0314. The molecule has 0 bridgehead atoms. The van der Waals surface area contributed by atoms with E-state index in [0.717, 1.165) is 44.1 Å². The van der Waals surface area contributed by atoms with Crippen LogP contribution in [0.3, 0.4) is 0 Å². The van der Waals surface area contributed by atoms with Crippen LogP contribution < -0.4 is 0 Å². The van der Waals surface area contributed by atoms with Gasteiger partial charge in [-0.3, -0.25) is 0 Å². The number of fused-ring (bicyclic) bond motifs is 5.